The average Bonchev–Trinajstić information content (AvgIpc) is 3.61. The Kier molecular flexibility index (Phi) is 9.89. The number of fused-ring (bicyclic) bond motifs is 2. The standard InChI is InChI=1S/C28H36N8O6/c1-16(2)21-27-32-20(15-42-27)23(37)29-13-9-8-12-18(30-26(40)22-34-28(41-4)36(3)35-22)24(38)31-19(25(39)33-21)14-17-10-6-5-7-11-17/h5-7,10-11,15-16,18-19,21H,8-9,12-14H2,1-4H3,(H,29,37)(H,30,40)(H,31,38)(H,33,39)/t18-,19-,21-/m0/s1. The maximum atomic E-state index is 13.7. The number of aryl methyl sites for hydroxylation is 1. The van der Waals surface area contributed by atoms with Gasteiger partial charge in [-0.15, -0.1) is 5.10 Å². The van der Waals surface area contributed by atoms with Gasteiger partial charge in [-0.3, -0.25) is 19.2 Å². The smallest absolute Gasteiger partial charge is 0.314 e. The van der Waals surface area contributed by atoms with E-state index < -0.39 is 41.8 Å². The van der Waals surface area contributed by atoms with Crippen molar-refractivity contribution in [3.63, 3.8) is 0 Å². The SMILES string of the molecule is COc1nc(C(=O)N[C@H]2CCCCNC(=O)c3coc(n3)[C@H](C(C)C)NC(=O)[C@H](Cc3ccccc3)NC2=O)nn1C. The fraction of sp³-hybridized carbons (Fsp3) is 0.464. The Morgan fingerprint density at radius 1 is 1.12 bits per heavy atom. The van der Waals surface area contributed by atoms with E-state index in [4.69, 9.17) is 9.15 Å². The van der Waals surface area contributed by atoms with Gasteiger partial charge in [0.2, 0.25) is 23.5 Å². The molecular formula is C28H36N8O6. The first-order valence-electron chi connectivity index (χ1n) is 13.8. The van der Waals surface area contributed by atoms with Crippen molar-refractivity contribution in [2.24, 2.45) is 13.0 Å². The van der Waals surface area contributed by atoms with Gasteiger partial charge in [0, 0.05) is 20.0 Å². The molecule has 1 aliphatic heterocycles. The molecule has 1 aliphatic rings. The van der Waals surface area contributed by atoms with Crippen LogP contribution < -0.4 is 26.0 Å². The van der Waals surface area contributed by atoms with Crippen molar-refractivity contribution in [1.29, 1.82) is 0 Å². The number of hydrogen-bond donors (Lipinski definition) is 4. The monoisotopic (exact) mass is 580 g/mol. The minimum Gasteiger partial charge on any atom is -0.467 e. The van der Waals surface area contributed by atoms with Crippen LogP contribution in [0.3, 0.4) is 0 Å². The molecule has 14 nitrogen and oxygen atoms in total. The van der Waals surface area contributed by atoms with Gasteiger partial charge in [0.15, 0.2) is 5.69 Å². The molecule has 3 aromatic rings. The third kappa shape index (κ3) is 7.50. The summed E-state index contributed by atoms with van der Waals surface area (Å²) >= 11 is 0. The summed E-state index contributed by atoms with van der Waals surface area (Å²) in [6, 6.07) is 6.74. The van der Waals surface area contributed by atoms with Crippen LogP contribution in [-0.4, -0.2) is 69.1 Å². The van der Waals surface area contributed by atoms with Crippen molar-refractivity contribution in [2.45, 2.75) is 57.7 Å². The molecule has 0 saturated heterocycles. The van der Waals surface area contributed by atoms with Crippen molar-refractivity contribution in [1.82, 2.24) is 41.0 Å². The van der Waals surface area contributed by atoms with Crippen LogP contribution in [0.1, 0.15) is 71.7 Å². The van der Waals surface area contributed by atoms with Gasteiger partial charge in [0.1, 0.15) is 24.4 Å². The molecule has 0 fully saturated rings. The molecule has 3 heterocycles. The van der Waals surface area contributed by atoms with E-state index in [1.165, 1.54) is 18.1 Å². The van der Waals surface area contributed by atoms with E-state index in [2.05, 4.69) is 36.3 Å². The topological polar surface area (TPSA) is 182 Å². The Morgan fingerprint density at radius 3 is 2.57 bits per heavy atom. The molecule has 0 saturated carbocycles. The maximum absolute atomic E-state index is 13.7. The second-order valence-electron chi connectivity index (χ2n) is 10.4. The summed E-state index contributed by atoms with van der Waals surface area (Å²) in [6.45, 7) is 4.08. The molecule has 4 amide bonds. The lowest BCUT2D eigenvalue weighted by molar-refractivity contribution is -0.130. The van der Waals surface area contributed by atoms with Crippen LogP contribution in [0.4, 0.5) is 0 Å². The molecule has 0 spiro atoms. The lowest BCUT2D eigenvalue weighted by atomic mass is 10.0. The molecule has 0 unspecified atom stereocenters. The van der Waals surface area contributed by atoms with Crippen molar-refractivity contribution < 1.29 is 28.3 Å². The number of hydrogen-bond acceptors (Lipinski definition) is 9. The predicted molar refractivity (Wildman–Crippen MR) is 149 cm³/mol. The molecule has 2 bridgehead atoms. The lowest BCUT2D eigenvalue weighted by Gasteiger charge is -2.26. The number of ether oxygens (including phenoxy) is 1. The van der Waals surface area contributed by atoms with Gasteiger partial charge in [-0.25, -0.2) is 9.67 Å². The molecule has 0 radical (unpaired) electrons. The summed E-state index contributed by atoms with van der Waals surface area (Å²) in [5, 5.41) is 15.3. The normalized spacial score (nSPS) is 20.4. The number of oxazole rings is 1. The van der Waals surface area contributed by atoms with Crippen molar-refractivity contribution >= 4 is 23.6 Å². The number of benzene rings is 1. The Labute approximate surface area is 243 Å². The molecular weight excluding hydrogens is 544 g/mol. The van der Waals surface area contributed by atoms with Crippen LogP contribution in [-0.2, 0) is 23.1 Å². The van der Waals surface area contributed by atoms with Gasteiger partial charge in [0.05, 0.1) is 7.11 Å². The Hall–Kier alpha value is -4.75. The molecule has 4 rings (SSSR count). The fourth-order valence-electron chi connectivity index (χ4n) is 4.54. The van der Waals surface area contributed by atoms with Crippen LogP contribution in [0.25, 0.3) is 0 Å². The van der Waals surface area contributed by atoms with E-state index in [0.717, 1.165) is 5.56 Å². The summed E-state index contributed by atoms with van der Waals surface area (Å²) in [7, 11) is 2.98. The zero-order valence-corrected chi connectivity index (χ0v) is 24.0. The number of amides is 4. The van der Waals surface area contributed by atoms with E-state index in [1.807, 2.05) is 44.2 Å². The van der Waals surface area contributed by atoms with Crippen molar-refractivity contribution in [3.8, 4) is 6.01 Å². The molecule has 1 aromatic carbocycles. The number of aromatic nitrogens is 4. The van der Waals surface area contributed by atoms with Gasteiger partial charge in [-0.1, -0.05) is 44.2 Å². The first-order valence-corrected chi connectivity index (χ1v) is 13.8. The van der Waals surface area contributed by atoms with Gasteiger partial charge >= 0.3 is 6.01 Å². The van der Waals surface area contributed by atoms with Crippen LogP contribution in [0, 0.1) is 5.92 Å². The highest BCUT2D eigenvalue weighted by Crippen LogP contribution is 2.22. The number of methoxy groups -OCH3 is 1. The zero-order chi connectivity index (χ0) is 30.2. The van der Waals surface area contributed by atoms with E-state index in [9.17, 15) is 19.2 Å². The largest absolute Gasteiger partial charge is 0.467 e. The van der Waals surface area contributed by atoms with Gasteiger partial charge in [0.25, 0.3) is 11.8 Å². The van der Waals surface area contributed by atoms with E-state index in [-0.39, 0.29) is 42.2 Å². The molecule has 224 valence electrons. The summed E-state index contributed by atoms with van der Waals surface area (Å²) in [5.74, 6) is -2.22. The van der Waals surface area contributed by atoms with Crippen LogP contribution in [0.5, 0.6) is 6.01 Å². The van der Waals surface area contributed by atoms with Gasteiger partial charge in [-0.2, -0.15) is 4.98 Å². The molecule has 0 aliphatic carbocycles. The molecule has 14 heteroatoms. The van der Waals surface area contributed by atoms with Gasteiger partial charge < -0.3 is 30.4 Å². The summed E-state index contributed by atoms with van der Waals surface area (Å²) < 4.78 is 12.0. The number of rotatable bonds is 6. The highest BCUT2D eigenvalue weighted by molar-refractivity contribution is 5.96. The van der Waals surface area contributed by atoms with Crippen LogP contribution >= 0.6 is 0 Å². The van der Waals surface area contributed by atoms with E-state index in [1.54, 1.807) is 7.05 Å². The molecule has 4 N–H and O–H groups in total. The third-order valence-electron chi connectivity index (χ3n) is 6.84. The van der Waals surface area contributed by atoms with Gasteiger partial charge in [-0.05, 0) is 30.7 Å². The number of nitrogens with one attached hydrogen (secondary N) is 4. The first-order chi connectivity index (χ1) is 20.2. The fourth-order valence-corrected chi connectivity index (χ4v) is 4.54. The minimum atomic E-state index is -1.01. The average molecular weight is 581 g/mol. The van der Waals surface area contributed by atoms with Crippen molar-refractivity contribution in [3.05, 3.63) is 59.6 Å². The number of carbonyl (C=O) groups is 4. The zero-order valence-electron chi connectivity index (χ0n) is 24.0. The summed E-state index contributed by atoms with van der Waals surface area (Å²) in [6.07, 6.45) is 2.70. The summed E-state index contributed by atoms with van der Waals surface area (Å²) in [4.78, 5) is 61.3. The maximum Gasteiger partial charge on any atom is 0.314 e. The first kappa shape index (κ1) is 30.2. The summed E-state index contributed by atoms with van der Waals surface area (Å²) in [5.41, 5.74) is 0.934. The Balaban J connectivity index is 1.62. The minimum absolute atomic E-state index is 0.106. The van der Waals surface area contributed by atoms with E-state index in [0.29, 0.717) is 19.4 Å². The van der Waals surface area contributed by atoms with Crippen molar-refractivity contribution in [2.75, 3.05) is 13.7 Å². The highest BCUT2D eigenvalue weighted by Gasteiger charge is 2.32. The van der Waals surface area contributed by atoms with E-state index >= 15 is 0 Å². The Morgan fingerprint density at radius 2 is 1.88 bits per heavy atom. The highest BCUT2D eigenvalue weighted by atomic mass is 16.5. The third-order valence-corrected chi connectivity index (χ3v) is 6.84. The number of nitrogens with zero attached hydrogens (tertiary/aromatic N) is 4. The second-order valence-corrected chi connectivity index (χ2v) is 10.4. The second kappa shape index (κ2) is 13.7. The Bertz CT molecular complexity index is 1400. The molecule has 42 heavy (non-hydrogen) atoms. The predicted octanol–water partition coefficient (Wildman–Crippen LogP) is 1.06. The quantitative estimate of drug-likeness (QED) is 0.331. The number of carbonyl (C=O) groups excluding carboxylic acids is 4. The van der Waals surface area contributed by atoms with Crippen LogP contribution in [0.2, 0.25) is 0 Å². The lowest BCUT2D eigenvalue weighted by Crippen LogP contribution is -2.55. The van der Waals surface area contributed by atoms with Crippen LogP contribution in [0.15, 0.2) is 41.0 Å². The molecule has 2 aromatic heterocycles. The molecule has 3 atom stereocenters.